The zero-order chi connectivity index (χ0) is 8.39. The van der Waals surface area contributed by atoms with Crippen molar-refractivity contribution in [1.82, 2.24) is 10.3 Å². The minimum Gasteiger partial charge on any atom is -0.309 e. The lowest BCUT2D eigenvalue weighted by atomic mass is 10.1. The Hall–Kier alpha value is -0.0200. The van der Waals surface area contributed by atoms with Crippen molar-refractivity contribution in [2.75, 3.05) is 6.54 Å². The third-order valence-corrected chi connectivity index (χ3v) is 2.36. The van der Waals surface area contributed by atoms with Gasteiger partial charge in [0.25, 0.3) is 0 Å². The van der Waals surface area contributed by atoms with E-state index in [2.05, 4.69) is 10.3 Å². The van der Waals surface area contributed by atoms with Gasteiger partial charge >= 0.3 is 0 Å². The number of hydrogen-bond acceptors (Lipinski definition) is 2. The Kier molecular flexibility index (Phi) is 6.45. The third kappa shape index (κ3) is 3.28. The zero-order valence-corrected chi connectivity index (χ0v) is 9.96. The number of halogens is 3. The van der Waals surface area contributed by atoms with Gasteiger partial charge in [-0.3, -0.25) is 0 Å². The third-order valence-electron chi connectivity index (χ3n) is 2.15. The molecule has 0 spiro atoms. The summed E-state index contributed by atoms with van der Waals surface area (Å²) in [4.78, 5) is 4.26. The maximum absolute atomic E-state index is 5.78. The summed E-state index contributed by atoms with van der Waals surface area (Å²) < 4.78 is 0. The van der Waals surface area contributed by atoms with Gasteiger partial charge in [0, 0.05) is 6.04 Å². The molecule has 80 valence electrons. The molecule has 0 amide bonds. The number of nitrogens with one attached hydrogen (secondary N) is 1. The van der Waals surface area contributed by atoms with Crippen molar-refractivity contribution >= 4 is 36.4 Å². The molecule has 2 rings (SSSR count). The molecule has 2 nitrogen and oxygen atoms in total. The van der Waals surface area contributed by atoms with Crippen LogP contribution < -0.4 is 5.32 Å². The second-order valence-electron chi connectivity index (χ2n) is 3.03. The Bertz CT molecular complexity index is 275. The van der Waals surface area contributed by atoms with E-state index in [1.165, 1.54) is 12.8 Å². The topological polar surface area (TPSA) is 24.9 Å². The van der Waals surface area contributed by atoms with Crippen LogP contribution in [0.2, 0.25) is 5.15 Å². The van der Waals surface area contributed by atoms with E-state index in [-0.39, 0.29) is 24.8 Å². The number of rotatable bonds is 1. The maximum Gasteiger partial charge on any atom is 0.129 e. The highest BCUT2D eigenvalue weighted by Gasteiger charge is 2.16. The molecule has 14 heavy (non-hydrogen) atoms. The quantitative estimate of drug-likeness (QED) is 0.781. The summed E-state index contributed by atoms with van der Waals surface area (Å²) in [6.07, 6.45) is 2.41. The molecule has 0 saturated carbocycles. The molecule has 0 radical (unpaired) electrons. The Morgan fingerprint density at radius 2 is 2.14 bits per heavy atom. The molecule has 1 saturated heterocycles. The molecule has 1 atom stereocenters. The zero-order valence-electron chi connectivity index (χ0n) is 7.57. The maximum atomic E-state index is 5.78. The van der Waals surface area contributed by atoms with Gasteiger partial charge in [0.05, 0.1) is 5.69 Å². The van der Waals surface area contributed by atoms with Crippen LogP contribution in [-0.4, -0.2) is 11.5 Å². The largest absolute Gasteiger partial charge is 0.309 e. The van der Waals surface area contributed by atoms with Crippen molar-refractivity contribution in [2.45, 2.75) is 18.9 Å². The molecule has 1 fully saturated rings. The van der Waals surface area contributed by atoms with Crippen molar-refractivity contribution in [1.29, 1.82) is 0 Å². The Morgan fingerprint density at radius 3 is 2.71 bits per heavy atom. The fraction of sp³-hybridized carbons (Fsp3) is 0.444. The molecule has 1 unspecified atom stereocenters. The van der Waals surface area contributed by atoms with Crippen LogP contribution >= 0.6 is 36.4 Å². The molecule has 0 aromatic carbocycles. The first-order valence-corrected chi connectivity index (χ1v) is 4.60. The van der Waals surface area contributed by atoms with E-state index in [9.17, 15) is 0 Å². The first-order chi connectivity index (χ1) is 5.86. The normalized spacial score (nSPS) is 19.6. The van der Waals surface area contributed by atoms with Gasteiger partial charge < -0.3 is 5.32 Å². The summed E-state index contributed by atoms with van der Waals surface area (Å²) >= 11 is 5.78. The van der Waals surface area contributed by atoms with Crippen LogP contribution in [0.25, 0.3) is 0 Å². The second kappa shape index (κ2) is 6.46. The lowest BCUT2D eigenvalue weighted by Gasteiger charge is -2.08. The van der Waals surface area contributed by atoms with Gasteiger partial charge in [0.15, 0.2) is 0 Å². The standard InChI is InChI=1S/C9H11ClN2.2ClH/c10-9-5-1-3-8(12-9)7-4-2-6-11-7;;/h1,3,5,7,11H,2,4,6H2;2*1H. The lowest BCUT2D eigenvalue weighted by Crippen LogP contribution is -2.13. The van der Waals surface area contributed by atoms with Gasteiger partial charge in [-0.05, 0) is 31.5 Å². The molecular formula is C9H13Cl3N2. The SMILES string of the molecule is Cl.Cl.Clc1cccc(C2CCCN2)n1. The molecule has 1 aliphatic rings. The van der Waals surface area contributed by atoms with E-state index < -0.39 is 0 Å². The fourth-order valence-corrected chi connectivity index (χ4v) is 1.73. The van der Waals surface area contributed by atoms with Gasteiger partial charge in [-0.2, -0.15) is 0 Å². The minimum absolute atomic E-state index is 0. The van der Waals surface area contributed by atoms with E-state index in [4.69, 9.17) is 11.6 Å². The Morgan fingerprint density at radius 1 is 1.36 bits per heavy atom. The molecule has 1 aliphatic heterocycles. The van der Waals surface area contributed by atoms with Gasteiger partial charge in [-0.1, -0.05) is 17.7 Å². The van der Waals surface area contributed by atoms with Crippen molar-refractivity contribution in [3.63, 3.8) is 0 Å². The summed E-state index contributed by atoms with van der Waals surface area (Å²) in [6.45, 7) is 1.10. The highest BCUT2D eigenvalue weighted by Crippen LogP contribution is 2.21. The van der Waals surface area contributed by atoms with Crippen LogP contribution in [0.4, 0.5) is 0 Å². The monoisotopic (exact) mass is 254 g/mol. The average molecular weight is 256 g/mol. The predicted octanol–water partition coefficient (Wildman–Crippen LogP) is 3.00. The first kappa shape index (κ1) is 14.0. The van der Waals surface area contributed by atoms with E-state index in [1.54, 1.807) is 6.07 Å². The van der Waals surface area contributed by atoms with Crippen molar-refractivity contribution < 1.29 is 0 Å². The van der Waals surface area contributed by atoms with Gasteiger partial charge in [-0.25, -0.2) is 4.98 Å². The van der Waals surface area contributed by atoms with Crippen molar-refractivity contribution in [2.24, 2.45) is 0 Å². The first-order valence-electron chi connectivity index (χ1n) is 4.22. The molecule has 2 heterocycles. The van der Waals surface area contributed by atoms with Crippen LogP contribution in [0.3, 0.4) is 0 Å². The minimum atomic E-state index is 0. The molecule has 0 bridgehead atoms. The van der Waals surface area contributed by atoms with Crippen molar-refractivity contribution in [3.8, 4) is 0 Å². The molecule has 0 aliphatic carbocycles. The number of hydrogen-bond donors (Lipinski definition) is 1. The molecular weight excluding hydrogens is 242 g/mol. The van der Waals surface area contributed by atoms with Crippen LogP contribution in [0.5, 0.6) is 0 Å². The van der Waals surface area contributed by atoms with Crippen LogP contribution in [-0.2, 0) is 0 Å². The summed E-state index contributed by atoms with van der Waals surface area (Å²) in [7, 11) is 0. The van der Waals surface area contributed by atoms with Crippen molar-refractivity contribution in [3.05, 3.63) is 29.0 Å². The summed E-state index contributed by atoms with van der Waals surface area (Å²) in [6, 6.07) is 6.20. The predicted molar refractivity (Wildman–Crippen MR) is 63.7 cm³/mol. The Balaban J connectivity index is 0.000000845. The van der Waals surface area contributed by atoms with Gasteiger partial charge in [0.2, 0.25) is 0 Å². The molecule has 1 aromatic rings. The molecule has 1 aromatic heterocycles. The number of pyridine rings is 1. The number of aromatic nitrogens is 1. The van der Waals surface area contributed by atoms with Gasteiger partial charge in [-0.15, -0.1) is 24.8 Å². The highest BCUT2D eigenvalue weighted by molar-refractivity contribution is 6.29. The highest BCUT2D eigenvalue weighted by atomic mass is 35.5. The summed E-state index contributed by atoms with van der Waals surface area (Å²) in [5, 5.41) is 3.96. The smallest absolute Gasteiger partial charge is 0.129 e. The summed E-state index contributed by atoms with van der Waals surface area (Å²) in [5.74, 6) is 0. The summed E-state index contributed by atoms with van der Waals surface area (Å²) in [5.41, 5.74) is 1.07. The second-order valence-corrected chi connectivity index (χ2v) is 3.42. The molecule has 5 heteroatoms. The fourth-order valence-electron chi connectivity index (χ4n) is 1.56. The van der Waals surface area contributed by atoms with E-state index >= 15 is 0 Å². The average Bonchev–Trinajstić information content (AvgIpc) is 2.56. The van der Waals surface area contributed by atoms with Crippen LogP contribution in [0, 0.1) is 0 Å². The lowest BCUT2D eigenvalue weighted by molar-refractivity contribution is 0.628. The van der Waals surface area contributed by atoms with E-state index in [0.29, 0.717) is 11.2 Å². The van der Waals surface area contributed by atoms with Gasteiger partial charge in [0.1, 0.15) is 5.15 Å². The number of nitrogens with zero attached hydrogens (tertiary/aromatic N) is 1. The van der Waals surface area contributed by atoms with E-state index in [1.807, 2.05) is 12.1 Å². The Labute approximate surface area is 101 Å². The van der Waals surface area contributed by atoms with E-state index in [0.717, 1.165) is 12.2 Å². The molecule has 1 N–H and O–H groups in total. The van der Waals surface area contributed by atoms with Crippen LogP contribution in [0.1, 0.15) is 24.6 Å². The van der Waals surface area contributed by atoms with Crippen LogP contribution in [0.15, 0.2) is 18.2 Å².